The first kappa shape index (κ1) is 15.6. The Labute approximate surface area is 119 Å². The first-order chi connectivity index (χ1) is 9.02. The van der Waals surface area contributed by atoms with E-state index in [0.717, 1.165) is 17.5 Å². The Kier molecular flexibility index (Phi) is 6.45. The Morgan fingerprint density at radius 1 is 1.42 bits per heavy atom. The van der Waals surface area contributed by atoms with Crippen LogP contribution in [0.25, 0.3) is 0 Å². The number of rotatable bonds is 7. The van der Waals surface area contributed by atoms with Crippen LogP contribution in [0, 0.1) is 0 Å². The molecule has 1 aromatic rings. The quantitative estimate of drug-likeness (QED) is 0.747. The van der Waals surface area contributed by atoms with Crippen molar-refractivity contribution in [1.29, 1.82) is 0 Å². The van der Waals surface area contributed by atoms with Gasteiger partial charge in [0.25, 0.3) is 0 Å². The van der Waals surface area contributed by atoms with Crippen molar-refractivity contribution in [2.75, 3.05) is 7.11 Å². The molecule has 0 saturated heterocycles. The van der Waals surface area contributed by atoms with E-state index >= 15 is 0 Å². The zero-order valence-electron chi connectivity index (χ0n) is 11.3. The van der Waals surface area contributed by atoms with Crippen LogP contribution in [0.15, 0.2) is 24.3 Å². The number of nitrogens with two attached hydrogens (primary N) is 1. The van der Waals surface area contributed by atoms with Gasteiger partial charge in [-0.2, -0.15) is 0 Å². The summed E-state index contributed by atoms with van der Waals surface area (Å²) in [6, 6.07) is 7.53. The van der Waals surface area contributed by atoms with Crippen LogP contribution in [0.1, 0.15) is 30.9 Å². The van der Waals surface area contributed by atoms with Gasteiger partial charge in [-0.1, -0.05) is 36.5 Å². The highest BCUT2D eigenvalue weighted by Crippen LogP contribution is 2.05. The molecule has 1 rings (SSSR count). The molecule has 0 aliphatic carbocycles. The molecule has 1 atom stereocenters. The standard InChI is InChI=1S/C14H20N2O2S/c1-10(18-2)3-8-13(17)16-9-11-4-6-12(7-5-11)14(15)19/h4-7,10H,3,8-9H2,1-2H3,(H2,15,19)(H,16,17). The van der Waals surface area contributed by atoms with Gasteiger partial charge >= 0.3 is 0 Å². The molecular weight excluding hydrogens is 260 g/mol. The summed E-state index contributed by atoms with van der Waals surface area (Å²) in [5.74, 6) is 0.0299. The summed E-state index contributed by atoms with van der Waals surface area (Å²) >= 11 is 4.88. The molecule has 0 aliphatic rings. The van der Waals surface area contributed by atoms with E-state index in [1.54, 1.807) is 7.11 Å². The molecule has 0 saturated carbocycles. The molecule has 0 spiro atoms. The van der Waals surface area contributed by atoms with E-state index in [0.29, 0.717) is 18.0 Å². The van der Waals surface area contributed by atoms with Crippen molar-refractivity contribution >= 4 is 23.1 Å². The van der Waals surface area contributed by atoms with E-state index in [-0.39, 0.29) is 12.0 Å². The van der Waals surface area contributed by atoms with Crippen molar-refractivity contribution in [2.24, 2.45) is 5.73 Å². The van der Waals surface area contributed by atoms with Crippen LogP contribution < -0.4 is 11.1 Å². The Morgan fingerprint density at radius 3 is 2.58 bits per heavy atom. The molecule has 1 aromatic carbocycles. The monoisotopic (exact) mass is 280 g/mol. The zero-order valence-corrected chi connectivity index (χ0v) is 12.1. The lowest BCUT2D eigenvalue weighted by atomic mass is 10.1. The van der Waals surface area contributed by atoms with Crippen LogP contribution in [0.3, 0.4) is 0 Å². The van der Waals surface area contributed by atoms with Crippen molar-refractivity contribution in [2.45, 2.75) is 32.4 Å². The molecule has 1 amide bonds. The Balaban J connectivity index is 2.35. The summed E-state index contributed by atoms with van der Waals surface area (Å²) in [6.45, 7) is 2.46. The highest BCUT2D eigenvalue weighted by atomic mass is 32.1. The summed E-state index contributed by atoms with van der Waals surface area (Å²) in [4.78, 5) is 12.0. The SMILES string of the molecule is COC(C)CCC(=O)NCc1ccc(C(N)=S)cc1. The van der Waals surface area contributed by atoms with Gasteiger partial charge in [0.05, 0.1) is 6.10 Å². The topological polar surface area (TPSA) is 64.3 Å². The van der Waals surface area contributed by atoms with Gasteiger partial charge in [0.1, 0.15) is 4.99 Å². The minimum absolute atomic E-state index is 0.0299. The van der Waals surface area contributed by atoms with Gasteiger partial charge in [0, 0.05) is 25.6 Å². The lowest BCUT2D eigenvalue weighted by molar-refractivity contribution is -0.121. The van der Waals surface area contributed by atoms with E-state index in [2.05, 4.69) is 5.32 Å². The summed E-state index contributed by atoms with van der Waals surface area (Å²) in [5, 5.41) is 2.87. The molecule has 4 nitrogen and oxygen atoms in total. The van der Waals surface area contributed by atoms with Crippen molar-refractivity contribution < 1.29 is 9.53 Å². The van der Waals surface area contributed by atoms with Crippen molar-refractivity contribution in [3.8, 4) is 0 Å². The van der Waals surface area contributed by atoms with E-state index < -0.39 is 0 Å². The van der Waals surface area contributed by atoms with Gasteiger partial charge in [-0.15, -0.1) is 0 Å². The number of hydrogen-bond acceptors (Lipinski definition) is 3. The van der Waals surface area contributed by atoms with Gasteiger partial charge < -0.3 is 15.8 Å². The summed E-state index contributed by atoms with van der Waals surface area (Å²) in [5.41, 5.74) is 7.37. The maximum atomic E-state index is 11.6. The minimum Gasteiger partial charge on any atom is -0.389 e. The molecule has 0 bridgehead atoms. The second kappa shape index (κ2) is 7.86. The maximum absolute atomic E-state index is 11.6. The molecular formula is C14H20N2O2S. The Hall–Kier alpha value is -1.46. The third-order valence-electron chi connectivity index (χ3n) is 2.91. The molecule has 0 aromatic heterocycles. The summed E-state index contributed by atoms with van der Waals surface area (Å²) < 4.78 is 5.09. The molecule has 0 fully saturated rings. The van der Waals surface area contributed by atoms with Gasteiger partial charge in [0.2, 0.25) is 5.91 Å². The van der Waals surface area contributed by atoms with Crippen LogP contribution >= 0.6 is 12.2 Å². The smallest absolute Gasteiger partial charge is 0.220 e. The fourth-order valence-corrected chi connectivity index (χ4v) is 1.66. The first-order valence-corrected chi connectivity index (χ1v) is 6.62. The van der Waals surface area contributed by atoms with E-state index in [4.69, 9.17) is 22.7 Å². The summed E-state index contributed by atoms with van der Waals surface area (Å²) in [6.07, 6.45) is 1.30. The van der Waals surface area contributed by atoms with E-state index in [1.165, 1.54) is 0 Å². The lowest BCUT2D eigenvalue weighted by Gasteiger charge is -2.09. The molecule has 0 aliphatic heterocycles. The van der Waals surface area contributed by atoms with Gasteiger partial charge in [-0.05, 0) is 18.9 Å². The van der Waals surface area contributed by atoms with Crippen LogP contribution in [0.2, 0.25) is 0 Å². The number of nitrogens with one attached hydrogen (secondary N) is 1. The fraction of sp³-hybridized carbons (Fsp3) is 0.429. The Bertz CT molecular complexity index is 432. The number of carbonyl (C=O) groups excluding carboxylic acids is 1. The predicted molar refractivity (Wildman–Crippen MR) is 79.9 cm³/mol. The van der Waals surface area contributed by atoms with Gasteiger partial charge in [-0.25, -0.2) is 0 Å². The van der Waals surface area contributed by atoms with Crippen LogP contribution in [-0.4, -0.2) is 24.1 Å². The number of hydrogen-bond donors (Lipinski definition) is 2. The molecule has 0 radical (unpaired) electrons. The molecule has 3 N–H and O–H groups in total. The normalized spacial score (nSPS) is 11.9. The zero-order chi connectivity index (χ0) is 14.3. The summed E-state index contributed by atoms with van der Waals surface area (Å²) in [7, 11) is 1.64. The lowest BCUT2D eigenvalue weighted by Crippen LogP contribution is -2.23. The number of ether oxygens (including phenoxy) is 1. The number of carbonyl (C=O) groups is 1. The fourth-order valence-electron chi connectivity index (χ4n) is 1.53. The third kappa shape index (κ3) is 5.81. The van der Waals surface area contributed by atoms with Crippen LogP contribution in [0.4, 0.5) is 0 Å². The van der Waals surface area contributed by atoms with Gasteiger partial charge in [0.15, 0.2) is 0 Å². The number of thiocarbonyl (C=S) groups is 1. The second-order valence-electron chi connectivity index (χ2n) is 4.42. The molecule has 19 heavy (non-hydrogen) atoms. The Morgan fingerprint density at radius 2 is 2.05 bits per heavy atom. The molecule has 104 valence electrons. The van der Waals surface area contributed by atoms with Crippen molar-refractivity contribution in [1.82, 2.24) is 5.32 Å². The number of amides is 1. The third-order valence-corrected chi connectivity index (χ3v) is 3.14. The number of methoxy groups -OCH3 is 1. The molecule has 0 heterocycles. The predicted octanol–water partition coefficient (Wildman–Crippen LogP) is 1.75. The second-order valence-corrected chi connectivity index (χ2v) is 4.86. The van der Waals surface area contributed by atoms with Gasteiger partial charge in [-0.3, -0.25) is 4.79 Å². The highest BCUT2D eigenvalue weighted by molar-refractivity contribution is 7.80. The number of benzene rings is 1. The van der Waals surface area contributed by atoms with Crippen molar-refractivity contribution in [3.63, 3.8) is 0 Å². The van der Waals surface area contributed by atoms with Crippen LogP contribution in [-0.2, 0) is 16.1 Å². The van der Waals surface area contributed by atoms with E-state index in [9.17, 15) is 4.79 Å². The largest absolute Gasteiger partial charge is 0.389 e. The average molecular weight is 280 g/mol. The highest BCUT2D eigenvalue weighted by Gasteiger charge is 2.05. The van der Waals surface area contributed by atoms with E-state index in [1.807, 2.05) is 31.2 Å². The maximum Gasteiger partial charge on any atom is 0.220 e. The average Bonchev–Trinajstić information content (AvgIpc) is 2.42. The minimum atomic E-state index is 0.0299. The van der Waals surface area contributed by atoms with Crippen LogP contribution in [0.5, 0.6) is 0 Å². The molecule has 5 heteroatoms. The first-order valence-electron chi connectivity index (χ1n) is 6.21. The molecule has 1 unspecified atom stereocenters. The van der Waals surface area contributed by atoms with Crippen molar-refractivity contribution in [3.05, 3.63) is 35.4 Å².